The molecule has 1 fully saturated rings. The van der Waals surface area contributed by atoms with Gasteiger partial charge in [0.25, 0.3) is 5.56 Å². The lowest BCUT2D eigenvalue weighted by Gasteiger charge is -2.54. The summed E-state index contributed by atoms with van der Waals surface area (Å²) in [5, 5.41) is 12.7. The number of nitrogens with zero attached hydrogens (tertiary/aromatic N) is 4. The molecule has 3 amide bonds. The summed E-state index contributed by atoms with van der Waals surface area (Å²) < 4.78 is 7.10. The van der Waals surface area contributed by atoms with E-state index < -0.39 is 5.92 Å². The Hall–Kier alpha value is -4.48. The first-order valence-electron chi connectivity index (χ1n) is 15.4. The molecule has 12 nitrogen and oxygen atoms in total. The van der Waals surface area contributed by atoms with Crippen LogP contribution in [0.1, 0.15) is 68.4 Å². The number of nitrogens with one attached hydrogen (secondary N) is 3. The number of aromatic nitrogens is 3. The minimum atomic E-state index is -0.404. The summed E-state index contributed by atoms with van der Waals surface area (Å²) >= 11 is 0. The molecule has 0 unspecified atom stereocenters. The maximum Gasteiger partial charge on any atom is 0.250 e. The number of anilines is 2. The smallest absolute Gasteiger partial charge is 0.250 e. The monoisotopic (exact) mass is 601 g/mol. The first-order valence-corrected chi connectivity index (χ1v) is 15.4. The molecular formula is C32H39N7O5. The molecular weight excluding hydrogens is 562 g/mol. The third-order valence-electron chi connectivity index (χ3n) is 8.93. The zero-order chi connectivity index (χ0) is 31.0. The van der Waals surface area contributed by atoms with Gasteiger partial charge in [-0.05, 0) is 48.6 Å². The summed E-state index contributed by atoms with van der Waals surface area (Å²) in [6.07, 6.45) is 1.97. The van der Waals surface area contributed by atoms with Gasteiger partial charge in [-0.25, -0.2) is 0 Å². The molecule has 3 aromatic rings. The predicted octanol–water partition coefficient (Wildman–Crippen LogP) is 2.34. The summed E-state index contributed by atoms with van der Waals surface area (Å²) in [6, 6.07) is 11.2. The van der Waals surface area contributed by atoms with Crippen molar-refractivity contribution < 1.29 is 18.9 Å². The predicted molar refractivity (Wildman–Crippen MR) is 163 cm³/mol. The molecule has 0 aliphatic carbocycles. The van der Waals surface area contributed by atoms with Gasteiger partial charge in [0, 0.05) is 87.0 Å². The van der Waals surface area contributed by atoms with Gasteiger partial charge in [0.2, 0.25) is 23.6 Å². The Bertz CT molecular complexity index is 1630. The first kappa shape index (κ1) is 29.6. The molecule has 0 spiro atoms. The molecule has 0 radical (unpaired) electrons. The summed E-state index contributed by atoms with van der Waals surface area (Å²) in [5.41, 5.74) is 3.72. The van der Waals surface area contributed by atoms with Crippen LogP contribution in [0.3, 0.4) is 0 Å². The third kappa shape index (κ3) is 5.97. The van der Waals surface area contributed by atoms with Crippen LogP contribution in [0.5, 0.6) is 0 Å². The number of pyridine rings is 1. The van der Waals surface area contributed by atoms with Crippen molar-refractivity contribution in [3.63, 3.8) is 0 Å². The van der Waals surface area contributed by atoms with Crippen LogP contribution in [-0.2, 0) is 33.8 Å². The Morgan fingerprint density at radius 2 is 1.93 bits per heavy atom. The Morgan fingerprint density at radius 3 is 2.70 bits per heavy atom. The average Bonchev–Trinajstić information content (AvgIpc) is 3.46. The van der Waals surface area contributed by atoms with E-state index in [1.165, 1.54) is 6.92 Å². The number of fused-ring (bicyclic) bond motifs is 8. The van der Waals surface area contributed by atoms with Gasteiger partial charge in [0.1, 0.15) is 0 Å². The van der Waals surface area contributed by atoms with Crippen molar-refractivity contribution in [1.29, 1.82) is 0 Å². The molecule has 5 heterocycles. The zero-order valence-electron chi connectivity index (χ0n) is 25.3. The van der Waals surface area contributed by atoms with E-state index in [9.17, 15) is 19.2 Å². The van der Waals surface area contributed by atoms with Gasteiger partial charge in [0.05, 0.1) is 5.92 Å². The highest BCUT2D eigenvalue weighted by Gasteiger charge is 2.49. The van der Waals surface area contributed by atoms with Crippen LogP contribution in [0.15, 0.2) is 45.7 Å². The number of hydrogen-bond donors (Lipinski definition) is 3. The minimum Gasteiger partial charge on any atom is -0.366 e. The fourth-order valence-corrected chi connectivity index (χ4v) is 7.04. The van der Waals surface area contributed by atoms with E-state index in [2.05, 4.69) is 31.0 Å². The van der Waals surface area contributed by atoms with E-state index in [0.717, 1.165) is 29.9 Å². The van der Waals surface area contributed by atoms with Crippen LogP contribution in [0.25, 0.3) is 0 Å². The van der Waals surface area contributed by atoms with E-state index in [1.807, 2.05) is 42.7 Å². The van der Waals surface area contributed by atoms with E-state index in [0.29, 0.717) is 43.3 Å². The van der Waals surface area contributed by atoms with E-state index in [4.69, 9.17) is 4.52 Å². The van der Waals surface area contributed by atoms with Gasteiger partial charge in [-0.3, -0.25) is 19.2 Å². The van der Waals surface area contributed by atoms with Crippen LogP contribution < -0.4 is 26.4 Å². The van der Waals surface area contributed by atoms with Crippen molar-refractivity contribution >= 4 is 29.1 Å². The number of rotatable bonds is 9. The van der Waals surface area contributed by atoms with E-state index in [1.54, 1.807) is 12.1 Å². The molecule has 3 N–H and O–H groups in total. The zero-order valence-corrected chi connectivity index (χ0v) is 25.3. The van der Waals surface area contributed by atoms with Crippen molar-refractivity contribution in [3.05, 3.63) is 69.7 Å². The molecule has 44 heavy (non-hydrogen) atoms. The van der Waals surface area contributed by atoms with Gasteiger partial charge in [-0.1, -0.05) is 25.1 Å². The molecule has 2 aromatic heterocycles. The molecule has 3 aliphatic heterocycles. The Kier molecular flexibility index (Phi) is 8.24. The van der Waals surface area contributed by atoms with Crippen molar-refractivity contribution in [2.75, 3.05) is 29.9 Å². The lowest BCUT2D eigenvalue weighted by Crippen LogP contribution is -2.60. The number of hydrogen-bond acceptors (Lipinski definition) is 8. The number of piperidine rings is 1. The van der Waals surface area contributed by atoms with Gasteiger partial charge in [-0.15, -0.1) is 0 Å². The number of carbonyl (C=O) groups is 3. The topological polar surface area (TPSA) is 151 Å². The lowest BCUT2D eigenvalue weighted by molar-refractivity contribution is -0.126. The second-order valence-electron chi connectivity index (χ2n) is 12.4. The molecule has 2 bridgehead atoms. The van der Waals surface area contributed by atoms with E-state index >= 15 is 0 Å². The van der Waals surface area contributed by atoms with Crippen molar-refractivity contribution in [2.45, 2.75) is 70.9 Å². The number of benzene rings is 1. The summed E-state index contributed by atoms with van der Waals surface area (Å²) in [5.74, 6) is 0.724. The average molecular weight is 602 g/mol. The van der Waals surface area contributed by atoms with Crippen LogP contribution in [-0.4, -0.2) is 58.1 Å². The lowest BCUT2D eigenvalue weighted by atomic mass is 9.69. The van der Waals surface area contributed by atoms with Crippen LogP contribution >= 0.6 is 0 Å². The van der Waals surface area contributed by atoms with E-state index in [-0.39, 0.29) is 60.0 Å². The van der Waals surface area contributed by atoms with Gasteiger partial charge in [0.15, 0.2) is 5.82 Å². The first-order chi connectivity index (χ1) is 21.2. The molecule has 12 heteroatoms. The summed E-state index contributed by atoms with van der Waals surface area (Å²) in [4.78, 5) is 57.6. The van der Waals surface area contributed by atoms with Gasteiger partial charge < -0.3 is 29.9 Å². The maximum absolute atomic E-state index is 13.9. The number of amides is 3. The molecule has 0 saturated carbocycles. The van der Waals surface area contributed by atoms with Crippen molar-refractivity contribution in [2.24, 2.45) is 11.8 Å². The van der Waals surface area contributed by atoms with Crippen LogP contribution in [0.2, 0.25) is 0 Å². The quantitative estimate of drug-likeness (QED) is 0.338. The molecule has 1 aromatic carbocycles. The van der Waals surface area contributed by atoms with Gasteiger partial charge >= 0.3 is 0 Å². The molecule has 232 valence electrons. The highest BCUT2D eigenvalue weighted by molar-refractivity contribution is 5.89. The standard InChI is InChI=1S/C32H39N7O5/c1-18(2)31-36-28(44-37-31)10-12-33-27(41)9-11-34-32(43)24-15-21-14-22(35-19(3)40)7-8-25(21)39-17-20-13-23(30(24)39)26-5-4-6-29(42)38(26)16-20/h4-8,14,18,20,23-24,30H,9-13,15-17H2,1-3H3,(H,33,41)(H,34,43)(H,35,40)/t20-,23+,24+,30+/m0/s1. The normalized spacial score (nSPS) is 21.6. The van der Waals surface area contributed by atoms with Crippen molar-refractivity contribution in [1.82, 2.24) is 25.3 Å². The molecule has 3 aliphatic rings. The van der Waals surface area contributed by atoms with Crippen LogP contribution in [0, 0.1) is 11.8 Å². The van der Waals surface area contributed by atoms with Crippen molar-refractivity contribution in [3.8, 4) is 0 Å². The summed E-state index contributed by atoms with van der Waals surface area (Å²) in [7, 11) is 0. The maximum atomic E-state index is 13.9. The Labute approximate surface area is 255 Å². The highest BCUT2D eigenvalue weighted by Crippen LogP contribution is 2.48. The Balaban J connectivity index is 1.16. The molecule has 4 atom stereocenters. The fourth-order valence-electron chi connectivity index (χ4n) is 7.04. The Morgan fingerprint density at radius 1 is 1.09 bits per heavy atom. The second-order valence-corrected chi connectivity index (χ2v) is 12.4. The SMILES string of the molecule is CC(=O)Nc1ccc2c(c1)C[C@@H](C(=O)NCCC(=O)NCCc1nc(C(C)C)no1)[C@H]1[C@@H]3C[C@H](CN21)Cn1c3cccc1=O. The second kappa shape index (κ2) is 12.3. The largest absolute Gasteiger partial charge is 0.366 e. The molecule has 6 rings (SSSR count). The fraction of sp³-hybridized carbons (Fsp3) is 0.500. The number of carbonyl (C=O) groups excluding carboxylic acids is 3. The minimum absolute atomic E-state index is 0.00623. The third-order valence-corrected chi connectivity index (χ3v) is 8.93. The summed E-state index contributed by atoms with van der Waals surface area (Å²) in [6.45, 7) is 7.40. The highest BCUT2D eigenvalue weighted by atomic mass is 16.5. The van der Waals surface area contributed by atoms with Gasteiger partial charge in [-0.2, -0.15) is 4.98 Å². The van der Waals surface area contributed by atoms with Crippen LogP contribution in [0.4, 0.5) is 11.4 Å². The molecule has 1 saturated heterocycles.